The van der Waals surface area contributed by atoms with Gasteiger partial charge in [0.2, 0.25) is 0 Å². The summed E-state index contributed by atoms with van der Waals surface area (Å²) >= 11 is 0. The highest BCUT2D eigenvalue weighted by molar-refractivity contribution is 5.83. The number of ether oxygens (including phenoxy) is 1. The van der Waals surface area contributed by atoms with Crippen LogP contribution in [0.3, 0.4) is 0 Å². The second kappa shape index (κ2) is 7.34. The van der Waals surface area contributed by atoms with Crippen molar-refractivity contribution in [2.45, 2.75) is 26.4 Å². The van der Waals surface area contributed by atoms with Crippen molar-refractivity contribution in [1.29, 1.82) is 0 Å². The fourth-order valence-corrected chi connectivity index (χ4v) is 3.08. The van der Waals surface area contributed by atoms with Crippen molar-refractivity contribution in [1.82, 2.24) is 9.88 Å². The van der Waals surface area contributed by atoms with Gasteiger partial charge in [-0.25, -0.2) is 0 Å². The lowest BCUT2D eigenvalue weighted by atomic mass is 10.1. The molecule has 23 heavy (non-hydrogen) atoms. The molecule has 0 radical (unpaired) electrons. The lowest BCUT2D eigenvalue weighted by Crippen LogP contribution is -2.16. The van der Waals surface area contributed by atoms with Gasteiger partial charge in [0.15, 0.2) is 0 Å². The minimum Gasteiger partial charge on any atom is -0.496 e. The van der Waals surface area contributed by atoms with Crippen molar-refractivity contribution in [2.75, 3.05) is 13.7 Å². The smallest absolute Gasteiger partial charge is 0.122 e. The Hall–Kier alpha value is -2.26. The normalized spacial score (nSPS) is 11.0. The third-order valence-electron chi connectivity index (χ3n) is 4.29. The van der Waals surface area contributed by atoms with Crippen LogP contribution in [0.1, 0.15) is 18.1 Å². The van der Waals surface area contributed by atoms with E-state index in [1.807, 2.05) is 12.1 Å². The van der Waals surface area contributed by atoms with Crippen molar-refractivity contribution < 1.29 is 4.74 Å². The van der Waals surface area contributed by atoms with Gasteiger partial charge >= 0.3 is 0 Å². The first kappa shape index (κ1) is 15.6. The average Bonchev–Trinajstić information content (AvgIpc) is 2.97. The third kappa shape index (κ3) is 3.40. The van der Waals surface area contributed by atoms with Gasteiger partial charge in [0.1, 0.15) is 5.75 Å². The number of para-hydroxylation sites is 2. The number of rotatable bonds is 7. The first-order valence-electron chi connectivity index (χ1n) is 8.23. The molecule has 0 saturated heterocycles. The van der Waals surface area contributed by atoms with Crippen molar-refractivity contribution >= 4 is 10.9 Å². The van der Waals surface area contributed by atoms with Crippen LogP contribution in [0, 0.1) is 0 Å². The van der Waals surface area contributed by atoms with Crippen LogP contribution in [-0.4, -0.2) is 18.2 Å². The largest absolute Gasteiger partial charge is 0.496 e. The first-order chi connectivity index (χ1) is 11.3. The summed E-state index contributed by atoms with van der Waals surface area (Å²) in [4.78, 5) is 0. The number of nitrogens with zero attached hydrogens (tertiary/aromatic N) is 1. The summed E-state index contributed by atoms with van der Waals surface area (Å²) in [6, 6.07) is 16.8. The van der Waals surface area contributed by atoms with Gasteiger partial charge in [-0.15, -0.1) is 0 Å². The highest BCUT2D eigenvalue weighted by Gasteiger charge is 2.07. The molecule has 0 bridgehead atoms. The number of nitrogens with one attached hydrogen (secondary N) is 1. The summed E-state index contributed by atoms with van der Waals surface area (Å²) in [5.41, 5.74) is 3.93. The zero-order chi connectivity index (χ0) is 16.1. The van der Waals surface area contributed by atoms with Crippen LogP contribution in [-0.2, 0) is 19.5 Å². The molecule has 3 aromatic rings. The molecule has 3 rings (SSSR count). The van der Waals surface area contributed by atoms with Gasteiger partial charge in [-0.2, -0.15) is 0 Å². The minimum atomic E-state index is 0.892. The van der Waals surface area contributed by atoms with E-state index in [1.165, 1.54) is 22.0 Å². The van der Waals surface area contributed by atoms with Crippen LogP contribution in [0.2, 0.25) is 0 Å². The summed E-state index contributed by atoms with van der Waals surface area (Å²) in [6.07, 6.45) is 3.23. The molecule has 2 aromatic carbocycles. The molecule has 0 spiro atoms. The Morgan fingerprint density at radius 2 is 1.78 bits per heavy atom. The van der Waals surface area contributed by atoms with Gasteiger partial charge in [-0.05, 0) is 43.1 Å². The Balaban J connectivity index is 1.63. The Bertz CT molecular complexity index is 776. The predicted molar refractivity (Wildman–Crippen MR) is 96.0 cm³/mol. The molecule has 0 unspecified atom stereocenters. The molecule has 0 saturated carbocycles. The standard InChI is InChI=1S/C20H24N2O/c1-3-22-15-17(18-9-5-6-10-19(18)22)14-21-13-12-16-8-4-7-11-20(16)23-2/h4-11,15,21H,3,12-14H2,1-2H3. The first-order valence-corrected chi connectivity index (χ1v) is 8.23. The molecule has 1 N–H and O–H groups in total. The second-order valence-electron chi connectivity index (χ2n) is 5.70. The molecule has 0 aliphatic rings. The Kier molecular flexibility index (Phi) is 4.99. The Morgan fingerprint density at radius 1 is 1.00 bits per heavy atom. The Morgan fingerprint density at radius 3 is 2.61 bits per heavy atom. The van der Waals surface area contributed by atoms with Gasteiger partial charge in [-0.1, -0.05) is 36.4 Å². The van der Waals surface area contributed by atoms with Crippen LogP contribution in [0.25, 0.3) is 10.9 Å². The maximum absolute atomic E-state index is 5.41. The number of aryl methyl sites for hydroxylation is 1. The second-order valence-corrected chi connectivity index (χ2v) is 5.70. The van der Waals surface area contributed by atoms with E-state index in [2.05, 4.69) is 59.4 Å². The minimum absolute atomic E-state index is 0.892. The number of fused-ring (bicyclic) bond motifs is 1. The van der Waals surface area contributed by atoms with Crippen LogP contribution < -0.4 is 10.1 Å². The molecule has 0 aliphatic carbocycles. The molecule has 3 nitrogen and oxygen atoms in total. The van der Waals surface area contributed by atoms with Gasteiger partial charge in [0, 0.05) is 30.2 Å². The Labute approximate surface area is 137 Å². The van der Waals surface area contributed by atoms with E-state index in [0.717, 1.165) is 31.8 Å². The van der Waals surface area contributed by atoms with E-state index in [0.29, 0.717) is 0 Å². The summed E-state index contributed by atoms with van der Waals surface area (Å²) in [5, 5.41) is 4.91. The number of hydrogen-bond acceptors (Lipinski definition) is 2. The maximum atomic E-state index is 5.41. The van der Waals surface area contributed by atoms with E-state index < -0.39 is 0 Å². The van der Waals surface area contributed by atoms with Gasteiger partial charge in [-0.3, -0.25) is 0 Å². The van der Waals surface area contributed by atoms with E-state index in [4.69, 9.17) is 4.74 Å². The molecule has 0 atom stereocenters. The number of methoxy groups -OCH3 is 1. The summed E-state index contributed by atoms with van der Waals surface area (Å²) in [6.45, 7) is 5.02. The number of aromatic nitrogens is 1. The summed E-state index contributed by atoms with van der Waals surface area (Å²) in [7, 11) is 1.73. The van der Waals surface area contributed by atoms with Crippen molar-refractivity contribution in [2.24, 2.45) is 0 Å². The average molecular weight is 308 g/mol. The fourth-order valence-electron chi connectivity index (χ4n) is 3.08. The molecule has 0 amide bonds. The van der Waals surface area contributed by atoms with E-state index in [9.17, 15) is 0 Å². The van der Waals surface area contributed by atoms with Crippen LogP contribution in [0.4, 0.5) is 0 Å². The molecular formula is C20H24N2O. The van der Waals surface area contributed by atoms with Crippen molar-refractivity contribution in [3.8, 4) is 5.75 Å². The zero-order valence-electron chi connectivity index (χ0n) is 13.9. The van der Waals surface area contributed by atoms with Crippen molar-refractivity contribution in [3.05, 3.63) is 65.9 Å². The highest BCUT2D eigenvalue weighted by Crippen LogP contribution is 2.21. The molecule has 1 heterocycles. The molecule has 1 aromatic heterocycles. The van der Waals surface area contributed by atoms with Gasteiger partial charge < -0.3 is 14.6 Å². The lowest BCUT2D eigenvalue weighted by Gasteiger charge is -2.08. The molecule has 0 aliphatic heterocycles. The molecule has 120 valence electrons. The highest BCUT2D eigenvalue weighted by atomic mass is 16.5. The van der Waals surface area contributed by atoms with E-state index >= 15 is 0 Å². The monoisotopic (exact) mass is 308 g/mol. The fraction of sp³-hybridized carbons (Fsp3) is 0.300. The summed E-state index contributed by atoms with van der Waals surface area (Å²) < 4.78 is 7.72. The van der Waals surface area contributed by atoms with Crippen LogP contribution in [0.5, 0.6) is 5.75 Å². The van der Waals surface area contributed by atoms with Crippen molar-refractivity contribution in [3.63, 3.8) is 0 Å². The molecule has 0 fully saturated rings. The zero-order valence-corrected chi connectivity index (χ0v) is 13.9. The third-order valence-corrected chi connectivity index (χ3v) is 4.29. The summed E-state index contributed by atoms with van der Waals surface area (Å²) in [5.74, 6) is 0.969. The van der Waals surface area contributed by atoms with E-state index in [1.54, 1.807) is 7.11 Å². The topological polar surface area (TPSA) is 26.2 Å². The van der Waals surface area contributed by atoms with Gasteiger partial charge in [0.05, 0.1) is 7.11 Å². The van der Waals surface area contributed by atoms with Gasteiger partial charge in [0.25, 0.3) is 0 Å². The quantitative estimate of drug-likeness (QED) is 0.668. The lowest BCUT2D eigenvalue weighted by molar-refractivity contribution is 0.409. The predicted octanol–water partition coefficient (Wildman–Crippen LogP) is 4.00. The SMILES string of the molecule is CCn1cc(CNCCc2ccccc2OC)c2ccccc21. The molecular weight excluding hydrogens is 284 g/mol. The maximum Gasteiger partial charge on any atom is 0.122 e. The number of hydrogen-bond donors (Lipinski definition) is 1. The van der Waals surface area contributed by atoms with Crippen LogP contribution >= 0.6 is 0 Å². The van der Waals surface area contributed by atoms with E-state index in [-0.39, 0.29) is 0 Å². The number of benzene rings is 2. The van der Waals surface area contributed by atoms with Crippen LogP contribution in [0.15, 0.2) is 54.7 Å². The molecule has 3 heteroatoms.